The number of nitrogens with zero attached hydrogens (tertiary/aromatic N) is 5. The zero-order chi connectivity index (χ0) is 18.7. The van der Waals surface area contributed by atoms with Crippen LogP contribution in [-0.2, 0) is 4.74 Å². The van der Waals surface area contributed by atoms with Crippen LogP contribution in [0.25, 0.3) is 17.2 Å². The number of aromatic amines is 1. The summed E-state index contributed by atoms with van der Waals surface area (Å²) in [5, 5.41) is 13.3. The molecule has 0 aliphatic heterocycles. The number of nitrogens with one attached hydrogen (secondary N) is 1. The van der Waals surface area contributed by atoms with Gasteiger partial charge >= 0.3 is 5.97 Å². The van der Waals surface area contributed by atoms with Gasteiger partial charge in [0.05, 0.1) is 18.5 Å². The normalized spacial score (nSPS) is 10.3. The maximum absolute atomic E-state index is 12.3. The minimum absolute atomic E-state index is 0.00283. The monoisotopic (exact) mass is 351 g/mol. The smallest absolute Gasteiger partial charge is 0.343 e. The van der Waals surface area contributed by atoms with E-state index >= 15 is 0 Å². The van der Waals surface area contributed by atoms with E-state index in [4.69, 9.17) is 10.5 Å². The number of aromatic nitrogens is 5. The Labute approximate surface area is 146 Å². The first-order chi connectivity index (χ1) is 12.5. The fraction of sp³-hybridized carbons (Fsp3) is 0.125. The fourth-order valence-corrected chi connectivity index (χ4v) is 2.25. The number of carbonyl (C=O) groups excluding carboxylic acids is 1. The summed E-state index contributed by atoms with van der Waals surface area (Å²) in [6.45, 7) is 1.85. The molecule has 0 unspecified atom stereocenters. The van der Waals surface area contributed by atoms with Crippen molar-refractivity contribution in [2.45, 2.75) is 6.92 Å². The van der Waals surface area contributed by atoms with Crippen molar-refractivity contribution in [2.24, 2.45) is 0 Å². The number of H-pyrrole nitrogens is 1. The highest BCUT2D eigenvalue weighted by Gasteiger charge is 2.19. The van der Waals surface area contributed by atoms with E-state index in [1.165, 1.54) is 18.6 Å². The number of anilines is 1. The van der Waals surface area contributed by atoms with Crippen LogP contribution >= 0.6 is 0 Å². The number of hydrogen-bond acceptors (Lipinski definition) is 8. The van der Waals surface area contributed by atoms with Crippen molar-refractivity contribution >= 4 is 11.8 Å². The first-order valence-corrected chi connectivity index (χ1v) is 7.52. The molecule has 0 spiro atoms. The third-order valence-corrected chi connectivity index (χ3v) is 3.43. The Kier molecular flexibility index (Phi) is 4.44. The van der Waals surface area contributed by atoms with Crippen LogP contribution in [0.5, 0.6) is 0 Å². The number of nitriles is 1. The fourth-order valence-electron chi connectivity index (χ4n) is 2.25. The molecular formula is C16H13N7O3. The van der Waals surface area contributed by atoms with Crippen molar-refractivity contribution < 1.29 is 9.53 Å². The van der Waals surface area contributed by atoms with Crippen molar-refractivity contribution in [1.29, 1.82) is 5.26 Å². The van der Waals surface area contributed by atoms with Crippen LogP contribution in [0.3, 0.4) is 0 Å². The predicted molar refractivity (Wildman–Crippen MR) is 90.3 cm³/mol. The molecule has 0 saturated heterocycles. The van der Waals surface area contributed by atoms with Gasteiger partial charge in [0.15, 0.2) is 5.82 Å². The second kappa shape index (κ2) is 6.86. The molecule has 3 heterocycles. The molecule has 130 valence electrons. The molecule has 0 bridgehead atoms. The van der Waals surface area contributed by atoms with Gasteiger partial charge in [-0.3, -0.25) is 14.8 Å². The number of nitrogens with two attached hydrogens (primary N) is 1. The number of rotatable bonds is 4. The van der Waals surface area contributed by atoms with E-state index in [0.29, 0.717) is 5.56 Å². The lowest BCUT2D eigenvalue weighted by molar-refractivity contribution is 0.0527. The van der Waals surface area contributed by atoms with Crippen LogP contribution in [0.15, 0.2) is 35.5 Å². The number of ether oxygens (including phenoxy) is 1. The number of hydrogen-bond donors (Lipinski definition) is 2. The topological polar surface area (TPSA) is 153 Å². The Morgan fingerprint density at radius 3 is 2.81 bits per heavy atom. The average Bonchev–Trinajstić information content (AvgIpc) is 3.04. The SMILES string of the molecule is CCOC(=O)c1cn(-c2nc(-c3ccncc3)c(C#N)c(=O)[nH]2)nc1N. The zero-order valence-electron chi connectivity index (χ0n) is 13.6. The molecule has 0 aliphatic rings. The average molecular weight is 351 g/mol. The zero-order valence-corrected chi connectivity index (χ0v) is 13.6. The number of nitrogen functional groups attached to an aromatic ring is 1. The lowest BCUT2D eigenvalue weighted by atomic mass is 10.1. The summed E-state index contributed by atoms with van der Waals surface area (Å²) in [6, 6.07) is 5.08. The number of esters is 1. The maximum atomic E-state index is 12.3. The Morgan fingerprint density at radius 1 is 1.42 bits per heavy atom. The van der Waals surface area contributed by atoms with Gasteiger partial charge in [-0.2, -0.15) is 5.26 Å². The van der Waals surface area contributed by atoms with Gasteiger partial charge < -0.3 is 10.5 Å². The molecule has 3 N–H and O–H groups in total. The summed E-state index contributed by atoms with van der Waals surface area (Å²) in [7, 11) is 0. The molecule has 3 rings (SSSR count). The third-order valence-electron chi connectivity index (χ3n) is 3.43. The Bertz CT molecular complexity index is 1060. The molecule has 0 atom stereocenters. The molecule has 0 fully saturated rings. The van der Waals surface area contributed by atoms with Crippen molar-refractivity contribution in [3.05, 3.63) is 52.2 Å². The standard InChI is InChI=1S/C16H13N7O3/c1-2-26-15(25)11-8-23(22-13(11)18)16-20-12(9-3-5-19-6-4-9)10(7-17)14(24)21-16/h3-6,8H,2H2,1H3,(H2,18,22)(H,20,21,24). The van der Waals surface area contributed by atoms with E-state index in [1.807, 2.05) is 6.07 Å². The lowest BCUT2D eigenvalue weighted by Crippen LogP contribution is -2.18. The van der Waals surface area contributed by atoms with E-state index in [1.54, 1.807) is 19.1 Å². The Morgan fingerprint density at radius 2 is 2.15 bits per heavy atom. The van der Waals surface area contributed by atoms with Gasteiger partial charge in [0.25, 0.3) is 5.56 Å². The van der Waals surface area contributed by atoms with Gasteiger partial charge in [-0.25, -0.2) is 14.5 Å². The molecule has 0 aromatic carbocycles. The molecule has 3 aromatic rings. The Balaban J connectivity index is 2.15. The quantitative estimate of drug-likeness (QED) is 0.650. The van der Waals surface area contributed by atoms with Crippen molar-refractivity contribution in [3.8, 4) is 23.3 Å². The minimum Gasteiger partial charge on any atom is -0.462 e. The van der Waals surface area contributed by atoms with Crippen LogP contribution in [0.2, 0.25) is 0 Å². The molecule has 0 aliphatic carbocycles. The van der Waals surface area contributed by atoms with Crippen LogP contribution in [0.4, 0.5) is 5.82 Å². The first-order valence-electron chi connectivity index (χ1n) is 7.52. The van der Waals surface area contributed by atoms with Gasteiger partial charge in [-0.1, -0.05) is 0 Å². The second-order valence-corrected chi connectivity index (χ2v) is 5.05. The molecule has 10 heteroatoms. The predicted octanol–water partition coefficient (Wildman–Crippen LogP) is 0.648. The van der Waals surface area contributed by atoms with Crippen LogP contribution in [0, 0.1) is 11.3 Å². The van der Waals surface area contributed by atoms with Crippen LogP contribution in [-0.4, -0.2) is 37.3 Å². The van der Waals surface area contributed by atoms with E-state index < -0.39 is 11.5 Å². The number of carbonyl (C=O) groups is 1. The van der Waals surface area contributed by atoms with E-state index in [-0.39, 0.29) is 35.2 Å². The highest BCUT2D eigenvalue weighted by Crippen LogP contribution is 2.19. The van der Waals surface area contributed by atoms with Gasteiger partial charge in [-0.15, -0.1) is 5.10 Å². The van der Waals surface area contributed by atoms with Crippen LogP contribution in [0.1, 0.15) is 22.8 Å². The number of pyridine rings is 1. The van der Waals surface area contributed by atoms with E-state index in [0.717, 1.165) is 4.68 Å². The summed E-state index contributed by atoms with van der Waals surface area (Å²) in [6.07, 6.45) is 4.33. The summed E-state index contributed by atoms with van der Waals surface area (Å²) >= 11 is 0. The molecular weight excluding hydrogens is 338 g/mol. The largest absolute Gasteiger partial charge is 0.462 e. The van der Waals surface area contributed by atoms with Gasteiger partial charge in [0.2, 0.25) is 5.95 Å². The minimum atomic E-state index is -0.643. The summed E-state index contributed by atoms with van der Waals surface area (Å²) in [5.74, 6) is -0.703. The second-order valence-electron chi connectivity index (χ2n) is 5.05. The molecule has 3 aromatic heterocycles. The van der Waals surface area contributed by atoms with Crippen molar-refractivity contribution in [2.75, 3.05) is 12.3 Å². The van der Waals surface area contributed by atoms with E-state index in [2.05, 4.69) is 20.1 Å². The molecule has 0 radical (unpaired) electrons. The molecule has 0 amide bonds. The first kappa shape index (κ1) is 16.8. The highest BCUT2D eigenvalue weighted by molar-refractivity contribution is 5.94. The van der Waals surface area contributed by atoms with Crippen molar-refractivity contribution in [3.63, 3.8) is 0 Å². The molecule has 10 nitrogen and oxygen atoms in total. The molecule has 0 saturated carbocycles. The summed E-state index contributed by atoms with van der Waals surface area (Å²) in [4.78, 5) is 34.8. The lowest BCUT2D eigenvalue weighted by Gasteiger charge is -2.06. The molecule has 26 heavy (non-hydrogen) atoms. The van der Waals surface area contributed by atoms with Gasteiger partial charge in [-0.05, 0) is 19.1 Å². The van der Waals surface area contributed by atoms with E-state index in [9.17, 15) is 14.9 Å². The summed E-state index contributed by atoms with van der Waals surface area (Å²) in [5.41, 5.74) is 5.70. The van der Waals surface area contributed by atoms with Gasteiger partial charge in [0.1, 0.15) is 17.2 Å². The highest BCUT2D eigenvalue weighted by atomic mass is 16.5. The Hall–Kier alpha value is -4.00. The maximum Gasteiger partial charge on any atom is 0.343 e. The van der Waals surface area contributed by atoms with Gasteiger partial charge in [0, 0.05) is 18.0 Å². The van der Waals surface area contributed by atoms with Crippen molar-refractivity contribution in [1.82, 2.24) is 24.7 Å². The third kappa shape index (κ3) is 3.01. The summed E-state index contributed by atoms with van der Waals surface area (Å²) < 4.78 is 6.04. The van der Waals surface area contributed by atoms with Crippen LogP contribution < -0.4 is 11.3 Å².